The average molecular weight is 511 g/mol. The molecule has 2 N–H and O–H groups in total. The molecule has 3 aliphatic rings. The highest BCUT2D eigenvalue weighted by molar-refractivity contribution is 6.05. The fraction of sp³-hybridized carbons (Fsp3) is 0.345. The van der Waals surface area contributed by atoms with E-state index in [2.05, 4.69) is 32.7 Å². The number of carbonyl (C=O) groups excluding carboxylic acids is 3. The highest BCUT2D eigenvalue weighted by Crippen LogP contribution is 2.34. The van der Waals surface area contributed by atoms with E-state index < -0.39 is 6.04 Å². The van der Waals surface area contributed by atoms with E-state index in [1.54, 1.807) is 11.1 Å². The van der Waals surface area contributed by atoms with Crippen molar-refractivity contribution < 1.29 is 14.4 Å². The van der Waals surface area contributed by atoms with Crippen LogP contribution in [0.15, 0.2) is 60.8 Å². The summed E-state index contributed by atoms with van der Waals surface area (Å²) in [7, 11) is 0. The molecule has 3 aromatic rings. The third-order valence-electron chi connectivity index (χ3n) is 7.74. The number of hydrogen-bond donors (Lipinski definition) is 2. The minimum Gasteiger partial charge on any atom is -0.324 e. The molecule has 6 rings (SSSR count). The molecule has 9 heteroatoms. The van der Waals surface area contributed by atoms with Gasteiger partial charge < -0.3 is 10.2 Å². The number of benzene rings is 2. The van der Waals surface area contributed by atoms with Crippen molar-refractivity contribution in [3.05, 3.63) is 83.2 Å². The number of imide groups is 1. The Hall–Kier alpha value is -4.11. The average Bonchev–Trinajstić information content (AvgIpc) is 3.25. The second-order valence-corrected chi connectivity index (χ2v) is 10.2. The molecule has 1 atom stereocenters. The Morgan fingerprint density at radius 1 is 0.974 bits per heavy atom. The molecule has 0 spiro atoms. The molecule has 4 heterocycles. The van der Waals surface area contributed by atoms with Crippen molar-refractivity contribution in [1.29, 1.82) is 0 Å². The van der Waals surface area contributed by atoms with Crippen molar-refractivity contribution in [2.45, 2.75) is 50.7 Å². The summed E-state index contributed by atoms with van der Waals surface area (Å²) in [4.78, 5) is 49.9. The van der Waals surface area contributed by atoms with E-state index in [0.29, 0.717) is 30.4 Å². The Labute approximate surface area is 221 Å². The molecule has 0 bridgehead atoms. The van der Waals surface area contributed by atoms with E-state index in [4.69, 9.17) is 4.98 Å². The predicted molar refractivity (Wildman–Crippen MR) is 141 cm³/mol. The van der Waals surface area contributed by atoms with E-state index in [-0.39, 0.29) is 24.1 Å². The zero-order chi connectivity index (χ0) is 26.1. The van der Waals surface area contributed by atoms with Crippen LogP contribution < -0.4 is 10.6 Å². The highest BCUT2D eigenvalue weighted by atomic mass is 16.2. The molecule has 194 valence electrons. The lowest BCUT2D eigenvalue weighted by Gasteiger charge is -2.32. The molecule has 1 unspecified atom stereocenters. The lowest BCUT2D eigenvalue weighted by molar-refractivity contribution is -0.136. The zero-order valence-corrected chi connectivity index (χ0v) is 21.1. The molecule has 3 aliphatic heterocycles. The number of nitrogens with one attached hydrogen (secondary N) is 2. The largest absolute Gasteiger partial charge is 0.324 e. The lowest BCUT2D eigenvalue weighted by atomic mass is 9.88. The summed E-state index contributed by atoms with van der Waals surface area (Å²) in [5.41, 5.74) is 4.83. The van der Waals surface area contributed by atoms with Crippen LogP contribution in [0.1, 0.15) is 58.8 Å². The van der Waals surface area contributed by atoms with Gasteiger partial charge in [0, 0.05) is 37.0 Å². The van der Waals surface area contributed by atoms with Crippen LogP contribution in [-0.2, 0) is 22.7 Å². The van der Waals surface area contributed by atoms with Gasteiger partial charge >= 0.3 is 0 Å². The van der Waals surface area contributed by atoms with Gasteiger partial charge in [0.1, 0.15) is 6.04 Å². The molecule has 2 fully saturated rings. The number of fused-ring (bicyclic) bond motifs is 1. The summed E-state index contributed by atoms with van der Waals surface area (Å²) in [6.07, 6.45) is 4.50. The van der Waals surface area contributed by atoms with Crippen LogP contribution >= 0.6 is 0 Å². The smallest absolute Gasteiger partial charge is 0.255 e. The summed E-state index contributed by atoms with van der Waals surface area (Å²) >= 11 is 0. The number of carbonyl (C=O) groups is 3. The van der Waals surface area contributed by atoms with E-state index in [1.807, 2.05) is 42.5 Å². The van der Waals surface area contributed by atoms with Crippen LogP contribution in [0.4, 0.5) is 11.6 Å². The summed E-state index contributed by atoms with van der Waals surface area (Å²) in [5, 5.41) is 5.62. The number of nitrogens with zero attached hydrogens (tertiary/aromatic N) is 4. The zero-order valence-electron chi connectivity index (χ0n) is 21.1. The highest BCUT2D eigenvalue weighted by Gasteiger charge is 2.39. The van der Waals surface area contributed by atoms with Crippen LogP contribution in [0.3, 0.4) is 0 Å². The number of likely N-dealkylation sites (tertiary alicyclic amines) is 1. The number of piperidine rings is 2. The van der Waals surface area contributed by atoms with Gasteiger partial charge in [-0.15, -0.1) is 0 Å². The third-order valence-corrected chi connectivity index (χ3v) is 7.74. The first kappa shape index (κ1) is 24.2. The minimum atomic E-state index is -0.579. The Balaban J connectivity index is 1.06. The monoisotopic (exact) mass is 510 g/mol. The van der Waals surface area contributed by atoms with Gasteiger partial charge in [-0.1, -0.05) is 30.3 Å². The third kappa shape index (κ3) is 5.02. The molecule has 2 saturated heterocycles. The molecule has 0 aliphatic carbocycles. The summed E-state index contributed by atoms with van der Waals surface area (Å²) in [6.45, 7) is 3.13. The fourth-order valence-corrected chi connectivity index (χ4v) is 5.70. The van der Waals surface area contributed by atoms with E-state index >= 15 is 0 Å². The molecular formula is C29H30N6O3. The predicted octanol–water partition coefficient (Wildman–Crippen LogP) is 3.36. The molecule has 2 aromatic carbocycles. The SMILES string of the molecule is O=C1CCC(N2Cc3cc(C4CCN(Cc5ccnc(Nc6ccccc6)n5)CC4)ccc3C2=O)C(=O)N1. The number of rotatable bonds is 6. The van der Waals surface area contributed by atoms with Crippen LogP contribution in [0.2, 0.25) is 0 Å². The van der Waals surface area contributed by atoms with E-state index in [1.165, 1.54) is 5.56 Å². The van der Waals surface area contributed by atoms with Crippen molar-refractivity contribution >= 4 is 29.4 Å². The first-order valence-electron chi connectivity index (χ1n) is 13.2. The first-order chi connectivity index (χ1) is 18.5. The number of aromatic nitrogens is 2. The van der Waals surface area contributed by atoms with Crippen molar-refractivity contribution in [2.24, 2.45) is 0 Å². The normalized spacial score (nSPS) is 20.4. The van der Waals surface area contributed by atoms with Gasteiger partial charge in [0.2, 0.25) is 17.8 Å². The number of para-hydroxylation sites is 1. The van der Waals surface area contributed by atoms with Crippen molar-refractivity contribution in [1.82, 2.24) is 25.1 Å². The van der Waals surface area contributed by atoms with Crippen LogP contribution in [0.5, 0.6) is 0 Å². The van der Waals surface area contributed by atoms with Crippen LogP contribution in [-0.4, -0.2) is 56.6 Å². The molecule has 9 nitrogen and oxygen atoms in total. The number of anilines is 2. The van der Waals surface area contributed by atoms with Gasteiger partial charge in [0.05, 0.1) is 5.69 Å². The summed E-state index contributed by atoms with van der Waals surface area (Å²) < 4.78 is 0. The number of amides is 3. The number of hydrogen-bond acceptors (Lipinski definition) is 7. The van der Waals surface area contributed by atoms with E-state index in [9.17, 15) is 14.4 Å². The molecule has 1 aromatic heterocycles. The van der Waals surface area contributed by atoms with Gasteiger partial charge in [-0.25, -0.2) is 9.97 Å². The fourth-order valence-electron chi connectivity index (χ4n) is 5.70. The molecular weight excluding hydrogens is 480 g/mol. The van der Waals surface area contributed by atoms with Crippen LogP contribution in [0, 0.1) is 0 Å². The Kier molecular flexibility index (Phi) is 6.59. The Morgan fingerprint density at radius 2 is 1.79 bits per heavy atom. The first-order valence-corrected chi connectivity index (χ1v) is 13.2. The van der Waals surface area contributed by atoms with Crippen LogP contribution in [0.25, 0.3) is 0 Å². The second-order valence-electron chi connectivity index (χ2n) is 10.2. The molecule has 3 amide bonds. The maximum absolute atomic E-state index is 13.0. The molecule has 0 saturated carbocycles. The van der Waals surface area contributed by atoms with Crippen molar-refractivity contribution in [2.75, 3.05) is 18.4 Å². The van der Waals surface area contributed by atoms with Gasteiger partial charge in [0.25, 0.3) is 5.91 Å². The lowest BCUT2D eigenvalue weighted by Crippen LogP contribution is -2.52. The quantitative estimate of drug-likeness (QED) is 0.490. The maximum Gasteiger partial charge on any atom is 0.255 e. The summed E-state index contributed by atoms with van der Waals surface area (Å²) in [6, 6.07) is 17.4. The maximum atomic E-state index is 13.0. The summed E-state index contributed by atoms with van der Waals surface area (Å²) in [5.74, 6) is 0.260. The Morgan fingerprint density at radius 3 is 2.58 bits per heavy atom. The molecule has 0 radical (unpaired) electrons. The van der Waals surface area contributed by atoms with Gasteiger partial charge in [-0.2, -0.15) is 0 Å². The van der Waals surface area contributed by atoms with Gasteiger partial charge in [0.15, 0.2) is 0 Å². The van der Waals surface area contributed by atoms with Crippen molar-refractivity contribution in [3.63, 3.8) is 0 Å². The standard InChI is InChI=1S/C29H30N6O3/c36-26-9-8-25(27(37)33-26)35-17-21-16-20(6-7-24(21)28(35)38)19-11-14-34(15-12-19)18-23-10-13-30-29(32-23)31-22-4-2-1-3-5-22/h1-7,10,13,16,19,25H,8-9,11-12,14-15,17-18H2,(H,30,31,32)(H,33,36,37). The van der Waals surface area contributed by atoms with Gasteiger partial charge in [-0.05, 0) is 73.7 Å². The second kappa shape index (κ2) is 10.3. The van der Waals surface area contributed by atoms with Crippen molar-refractivity contribution in [3.8, 4) is 0 Å². The van der Waals surface area contributed by atoms with Gasteiger partial charge in [-0.3, -0.25) is 24.6 Å². The molecule has 38 heavy (non-hydrogen) atoms. The minimum absolute atomic E-state index is 0.123. The Bertz CT molecular complexity index is 1370. The van der Waals surface area contributed by atoms with E-state index in [0.717, 1.165) is 49.4 Å². The topological polar surface area (TPSA) is 108 Å².